The molecule has 0 aliphatic rings. The number of rotatable bonds is 3. The van der Waals surface area contributed by atoms with Gasteiger partial charge in [0.25, 0.3) is 0 Å². The Hall–Kier alpha value is -1.03. The summed E-state index contributed by atoms with van der Waals surface area (Å²) in [5, 5.41) is 0. The van der Waals surface area contributed by atoms with Crippen molar-refractivity contribution in [2.45, 2.75) is 13.3 Å². The van der Waals surface area contributed by atoms with Gasteiger partial charge in [-0.3, -0.25) is 4.79 Å². The maximum atomic E-state index is 11.1. The Morgan fingerprint density at radius 3 is 2.53 bits per heavy atom. The van der Waals surface area contributed by atoms with Gasteiger partial charge < -0.3 is 9.47 Å². The number of carbonyl (C=O) groups is 1. The second-order valence-electron chi connectivity index (χ2n) is 3.18. The molecule has 0 aliphatic heterocycles. The molecule has 0 aromatic heterocycles. The Kier molecular flexibility index (Phi) is 4.15. The zero-order valence-corrected chi connectivity index (χ0v) is 10.6. The van der Waals surface area contributed by atoms with E-state index < -0.39 is 0 Å². The van der Waals surface area contributed by atoms with Gasteiger partial charge in [0.2, 0.25) is 0 Å². The summed E-state index contributed by atoms with van der Waals surface area (Å²) in [4.78, 5) is 11.1. The fraction of sp³-hybridized carbons (Fsp3) is 0.364. The van der Waals surface area contributed by atoms with Crippen molar-refractivity contribution < 1.29 is 14.3 Å². The maximum absolute atomic E-state index is 11.1. The molecule has 1 rings (SSSR count). The predicted molar refractivity (Wildman–Crippen MR) is 61.2 cm³/mol. The first kappa shape index (κ1) is 12.0. The lowest BCUT2D eigenvalue weighted by Gasteiger charge is -2.09. The smallest absolute Gasteiger partial charge is 0.309 e. The van der Waals surface area contributed by atoms with Crippen molar-refractivity contribution in [3.05, 3.63) is 27.7 Å². The summed E-state index contributed by atoms with van der Waals surface area (Å²) >= 11 is 3.39. The molecule has 3 nitrogen and oxygen atoms in total. The molecule has 0 saturated carbocycles. The maximum Gasteiger partial charge on any atom is 0.309 e. The van der Waals surface area contributed by atoms with Crippen molar-refractivity contribution in [2.24, 2.45) is 0 Å². The Balaban J connectivity index is 2.98. The van der Waals surface area contributed by atoms with Crippen molar-refractivity contribution in [3.8, 4) is 5.75 Å². The van der Waals surface area contributed by atoms with Crippen LogP contribution in [0.2, 0.25) is 0 Å². The van der Waals surface area contributed by atoms with Crippen LogP contribution in [0.4, 0.5) is 0 Å². The average molecular weight is 273 g/mol. The van der Waals surface area contributed by atoms with Crippen LogP contribution in [0.3, 0.4) is 0 Å². The van der Waals surface area contributed by atoms with E-state index in [2.05, 4.69) is 20.7 Å². The molecule has 0 bridgehead atoms. The molecule has 0 saturated heterocycles. The Labute approximate surface area is 97.5 Å². The van der Waals surface area contributed by atoms with Crippen LogP contribution in [0, 0.1) is 6.92 Å². The third-order valence-electron chi connectivity index (χ3n) is 2.07. The molecule has 0 N–H and O–H groups in total. The van der Waals surface area contributed by atoms with E-state index >= 15 is 0 Å². The van der Waals surface area contributed by atoms with Crippen LogP contribution in [0.15, 0.2) is 16.6 Å². The normalized spacial score (nSPS) is 9.87. The minimum Gasteiger partial charge on any atom is -0.495 e. The fourth-order valence-electron chi connectivity index (χ4n) is 1.40. The van der Waals surface area contributed by atoms with Gasteiger partial charge in [-0.1, -0.05) is 6.07 Å². The van der Waals surface area contributed by atoms with Crippen LogP contribution in [0.25, 0.3) is 0 Å². The molecule has 0 fully saturated rings. The summed E-state index contributed by atoms with van der Waals surface area (Å²) in [5.74, 6) is 0.551. The lowest BCUT2D eigenvalue weighted by molar-refractivity contribution is -0.139. The van der Waals surface area contributed by atoms with Crippen molar-refractivity contribution in [1.82, 2.24) is 0 Å². The number of esters is 1. The molecular weight excluding hydrogens is 260 g/mol. The van der Waals surface area contributed by atoms with Crippen LogP contribution in [-0.4, -0.2) is 20.2 Å². The lowest BCUT2D eigenvalue weighted by atomic mass is 10.1. The summed E-state index contributed by atoms with van der Waals surface area (Å²) in [6.45, 7) is 1.93. The van der Waals surface area contributed by atoms with Gasteiger partial charge in [0, 0.05) is 0 Å². The first-order valence-corrected chi connectivity index (χ1v) is 5.27. The Morgan fingerprint density at radius 1 is 1.40 bits per heavy atom. The number of benzene rings is 1. The number of hydrogen-bond donors (Lipinski definition) is 0. The summed E-state index contributed by atoms with van der Waals surface area (Å²) in [5.41, 5.74) is 1.90. The van der Waals surface area contributed by atoms with E-state index in [-0.39, 0.29) is 12.4 Å². The van der Waals surface area contributed by atoms with Gasteiger partial charge >= 0.3 is 5.97 Å². The van der Waals surface area contributed by atoms with Gasteiger partial charge in [-0.2, -0.15) is 0 Å². The quantitative estimate of drug-likeness (QED) is 0.794. The number of halogens is 1. The van der Waals surface area contributed by atoms with Crippen molar-refractivity contribution in [2.75, 3.05) is 14.2 Å². The Morgan fingerprint density at radius 2 is 2.07 bits per heavy atom. The van der Waals surface area contributed by atoms with Crippen LogP contribution < -0.4 is 4.74 Å². The van der Waals surface area contributed by atoms with E-state index in [1.807, 2.05) is 19.1 Å². The van der Waals surface area contributed by atoms with Gasteiger partial charge in [0.05, 0.1) is 25.1 Å². The summed E-state index contributed by atoms with van der Waals surface area (Å²) in [6, 6.07) is 3.78. The second-order valence-corrected chi connectivity index (χ2v) is 4.04. The van der Waals surface area contributed by atoms with E-state index in [0.717, 1.165) is 21.3 Å². The molecular formula is C11H13BrO3. The average Bonchev–Trinajstić information content (AvgIpc) is 2.17. The second kappa shape index (κ2) is 5.16. The molecule has 15 heavy (non-hydrogen) atoms. The van der Waals surface area contributed by atoms with E-state index in [1.165, 1.54) is 7.11 Å². The fourth-order valence-corrected chi connectivity index (χ4v) is 2.17. The number of aryl methyl sites for hydroxylation is 1. The van der Waals surface area contributed by atoms with Gasteiger partial charge in [-0.15, -0.1) is 0 Å². The van der Waals surface area contributed by atoms with Crippen LogP contribution >= 0.6 is 15.9 Å². The molecule has 0 amide bonds. The molecule has 82 valence electrons. The van der Waals surface area contributed by atoms with Crippen LogP contribution in [-0.2, 0) is 16.0 Å². The van der Waals surface area contributed by atoms with Crippen molar-refractivity contribution in [3.63, 3.8) is 0 Å². The first-order valence-electron chi connectivity index (χ1n) is 4.48. The van der Waals surface area contributed by atoms with Crippen molar-refractivity contribution in [1.29, 1.82) is 0 Å². The number of hydrogen-bond acceptors (Lipinski definition) is 3. The summed E-state index contributed by atoms with van der Waals surface area (Å²) < 4.78 is 10.7. The molecule has 1 aromatic rings. The molecule has 0 spiro atoms. The summed E-state index contributed by atoms with van der Waals surface area (Å²) in [6.07, 6.45) is 0.278. The van der Waals surface area contributed by atoms with Gasteiger partial charge in [0.15, 0.2) is 0 Å². The monoisotopic (exact) mass is 272 g/mol. The van der Waals surface area contributed by atoms with Gasteiger partial charge in [-0.25, -0.2) is 0 Å². The van der Waals surface area contributed by atoms with Crippen molar-refractivity contribution >= 4 is 21.9 Å². The number of methoxy groups -OCH3 is 2. The van der Waals surface area contributed by atoms with E-state index in [0.29, 0.717) is 0 Å². The highest BCUT2D eigenvalue weighted by molar-refractivity contribution is 9.10. The minimum atomic E-state index is -0.244. The van der Waals surface area contributed by atoms with Gasteiger partial charge in [-0.05, 0) is 40.0 Å². The minimum absolute atomic E-state index is 0.244. The standard InChI is InChI=1S/C11H13BrO3/c1-7-4-8(6-10(13)14-2)5-9(12)11(7)15-3/h4-5H,6H2,1-3H3. The third-order valence-corrected chi connectivity index (χ3v) is 2.66. The highest BCUT2D eigenvalue weighted by Crippen LogP contribution is 2.30. The van der Waals surface area contributed by atoms with E-state index in [1.54, 1.807) is 7.11 Å². The topological polar surface area (TPSA) is 35.5 Å². The molecule has 1 aromatic carbocycles. The predicted octanol–water partition coefficient (Wildman–Crippen LogP) is 2.48. The van der Waals surface area contributed by atoms with Gasteiger partial charge in [0.1, 0.15) is 5.75 Å². The Bertz CT molecular complexity index is 351. The van der Waals surface area contributed by atoms with E-state index in [9.17, 15) is 4.79 Å². The summed E-state index contributed by atoms with van der Waals surface area (Å²) in [7, 11) is 3.00. The molecule has 0 radical (unpaired) electrons. The highest BCUT2D eigenvalue weighted by atomic mass is 79.9. The largest absolute Gasteiger partial charge is 0.495 e. The molecule has 0 atom stereocenters. The van der Waals surface area contributed by atoms with E-state index in [4.69, 9.17) is 4.74 Å². The number of carbonyl (C=O) groups excluding carboxylic acids is 1. The molecule has 0 heterocycles. The highest BCUT2D eigenvalue weighted by Gasteiger charge is 2.09. The SMILES string of the molecule is COC(=O)Cc1cc(C)c(OC)c(Br)c1. The molecule has 0 aliphatic carbocycles. The zero-order valence-electron chi connectivity index (χ0n) is 8.96. The van der Waals surface area contributed by atoms with Crippen LogP contribution in [0.1, 0.15) is 11.1 Å². The zero-order chi connectivity index (χ0) is 11.4. The number of ether oxygens (including phenoxy) is 2. The molecule has 4 heteroatoms. The lowest BCUT2D eigenvalue weighted by Crippen LogP contribution is -2.05. The molecule has 0 unspecified atom stereocenters. The van der Waals surface area contributed by atoms with Crippen LogP contribution in [0.5, 0.6) is 5.75 Å². The first-order chi connectivity index (χ1) is 7.08. The third kappa shape index (κ3) is 2.96.